The molecule has 27 heavy (non-hydrogen) atoms. The minimum absolute atomic E-state index is 0.0119. The molecule has 0 bridgehead atoms. The minimum atomic E-state index is -3.03. The summed E-state index contributed by atoms with van der Waals surface area (Å²) < 4.78 is 23.2. The maximum atomic E-state index is 12.6. The van der Waals surface area contributed by atoms with E-state index in [1.54, 1.807) is 6.20 Å². The Bertz CT molecular complexity index is 898. The molecule has 6 nitrogen and oxygen atoms in total. The molecule has 144 valence electrons. The molecule has 1 aromatic heterocycles. The van der Waals surface area contributed by atoms with Crippen LogP contribution in [0, 0.1) is 0 Å². The van der Waals surface area contributed by atoms with Crippen LogP contribution in [0.5, 0.6) is 0 Å². The lowest BCUT2D eigenvalue weighted by molar-refractivity contribution is 0.0941. The van der Waals surface area contributed by atoms with Crippen molar-refractivity contribution in [2.24, 2.45) is 0 Å². The van der Waals surface area contributed by atoms with Gasteiger partial charge in [0.25, 0.3) is 5.91 Å². The Balaban J connectivity index is 1.75. The fraction of sp³-hybridized carbons (Fsp3) is 0.400. The van der Waals surface area contributed by atoms with Gasteiger partial charge in [0.15, 0.2) is 9.84 Å². The van der Waals surface area contributed by atoms with Crippen LogP contribution in [0.2, 0.25) is 0 Å². The number of hydrogen-bond donors (Lipinski definition) is 1. The monoisotopic (exact) mass is 387 g/mol. The molecular formula is C20H25N3O3S. The second kappa shape index (κ2) is 8.08. The van der Waals surface area contributed by atoms with E-state index in [4.69, 9.17) is 0 Å². The first-order valence-corrected chi connectivity index (χ1v) is 10.9. The fourth-order valence-electron chi connectivity index (χ4n) is 3.24. The van der Waals surface area contributed by atoms with Gasteiger partial charge in [-0.1, -0.05) is 30.3 Å². The fourth-order valence-corrected chi connectivity index (χ4v) is 4.91. The van der Waals surface area contributed by atoms with Gasteiger partial charge in [0.1, 0.15) is 0 Å². The van der Waals surface area contributed by atoms with Crippen molar-refractivity contribution in [3.8, 4) is 0 Å². The second-order valence-corrected chi connectivity index (χ2v) is 9.44. The average Bonchev–Trinajstić information content (AvgIpc) is 2.98. The number of pyridine rings is 1. The van der Waals surface area contributed by atoms with Crippen molar-refractivity contribution in [1.82, 2.24) is 10.3 Å². The first kappa shape index (κ1) is 19.4. The first-order chi connectivity index (χ1) is 12.8. The number of hydrogen-bond acceptors (Lipinski definition) is 5. The largest absolute Gasteiger partial charge is 0.364 e. The number of anilines is 1. The smallest absolute Gasteiger partial charge is 0.253 e. The van der Waals surface area contributed by atoms with Gasteiger partial charge in [0.2, 0.25) is 0 Å². The SMILES string of the molecule is CC(C)N(Cc1ccccc1)c1cncc(C(=O)NC2CCS(=O)(=O)C2)c1. The molecule has 1 atom stereocenters. The van der Waals surface area contributed by atoms with Gasteiger partial charge in [-0.15, -0.1) is 0 Å². The zero-order valence-corrected chi connectivity index (χ0v) is 16.4. The van der Waals surface area contributed by atoms with E-state index in [2.05, 4.69) is 41.2 Å². The van der Waals surface area contributed by atoms with Gasteiger partial charge in [-0.2, -0.15) is 0 Å². The normalized spacial score (nSPS) is 18.4. The molecule has 1 N–H and O–H groups in total. The highest BCUT2D eigenvalue weighted by Gasteiger charge is 2.29. The number of nitrogens with one attached hydrogen (secondary N) is 1. The number of nitrogens with zero attached hydrogens (tertiary/aromatic N) is 2. The Morgan fingerprint density at radius 2 is 2.00 bits per heavy atom. The summed E-state index contributed by atoms with van der Waals surface area (Å²) >= 11 is 0. The molecule has 1 aromatic carbocycles. The van der Waals surface area contributed by atoms with E-state index >= 15 is 0 Å². The van der Waals surface area contributed by atoms with Gasteiger partial charge in [0.05, 0.1) is 29.0 Å². The van der Waals surface area contributed by atoms with Crippen molar-refractivity contribution in [3.63, 3.8) is 0 Å². The summed E-state index contributed by atoms with van der Waals surface area (Å²) in [6, 6.07) is 11.9. The van der Waals surface area contributed by atoms with E-state index in [9.17, 15) is 13.2 Å². The summed E-state index contributed by atoms with van der Waals surface area (Å²) in [6.45, 7) is 4.91. The number of sulfone groups is 1. The standard InChI is InChI=1S/C20H25N3O3S/c1-15(2)23(13-16-6-4-3-5-7-16)19-10-17(11-21-12-19)20(24)22-18-8-9-27(25,26)14-18/h3-7,10-12,15,18H,8-9,13-14H2,1-2H3,(H,22,24). The third-order valence-corrected chi connectivity index (χ3v) is 6.47. The summed E-state index contributed by atoms with van der Waals surface area (Å²) in [5, 5.41) is 2.82. The molecule has 7 heteroatoms. The van der Waals surface area contributed by atoms with E-state index in [1.165, 1.54) is 11.8 Å². The zero-order chi connectivity index (χ0) is 19.4. The number of carbonyl (C=O) groups is 1. The van der Waals surface area contributed by atoms with Crippen LogP contribution >= 0.6 is 0 Å². The lowest BCUT2D eigenvalue weighted by atomic mass is 10.1. The molecular weight excluding hydrogens is 362 g/mol. The number of amides is 1. The van der Waals surface area contributed by atoms with Crippen LogP contribution in [0.4, 0.5) is 5.69 Å². The van der Waals surface area contributed by atoms with Crippen LogP contribution in [0.3, 0.4) is 0 Å². The third-order valence-electron chi connectivity index (χ3n) is 4.70. The Morgan fingerprint density at radius 1 is 1.26 bits per heavy atom. The lowest BCUT2D eigenvalue weighted by Gasteiger charge is -2.29. The van der Waals surface area contributed by atoms with E-state index in [0.29, 0.717) is 18.5 Å². The molecule has 0 saturated carbocycles. The maximum Gasteiger partial charge on any atom is 0.253 e. The molecule has 1 unspecified atom stereocenters. The van der Waals surface area contributed by atoms with Crippen LogP contribution in [-0.2, 0) is 16.4 Å². The number of benzene rings is 1. The Hall–Kier alpha value is -2.41. The van der Waals surface area contributed by atoms with Crippen LogP contribution in [0.25, 0.3) is 0 Å². The summed E-state index contributed by atoms with van der Waals surface area (Å²) in [5.41, 5.74) is 2.48. The molecule has 1 amide bonds. The van der Waals surface area contributed by atoms with Gasteiger partial charge < -0.3 is 10.2 Å². The molecule has 2 aromatic rings. The predicted molar refractivity (Wildman–Crippen MR) is 107 cm³/mol. The highest BCUT2D eigenvalue weighted by Crippen LogP contribution is 2.21. The van der Waals surface area contributed by atoms with Crippen LogP contribution in [0.1, 0.15) is 36.2 Å². The quantitative estimate of drug-likeness (QED) is 0.823. The first-order valence-electron chi connectivity index (χ1n) is 9.11. The molecule has 1 aliphatic rings. The van der Waals surface area contributed by atoms with Crippen molar-refractivity contribution >= 4 is 21.4 Å². The minimum Gasteiger partial charge on any atom is -0.364 e. The van der Waals surface area contributed by atoms with E-state index < -0.39 is 9.84 Å². The summed E-state index contributed by atoms with van der Waals surface area (Å²) in [4.78, 5) is 19.0. The van der Waals surface area contributed by atoms with Crippen LogP contribution < -0.4 is 10.2 Å². The van der Waals surface area contributed by atoms with E-state index in [1.807, 2.05) is 24.3 Å². The van der Waals surface area contributed by atoms with Crippen molar-refractivity contribution in [1.29, 1.82) is 0 Å². The number of rotatable bonds is 6. The molecule has 0 aliphatic carbocycles. The topological polar surface area (TPSA) is 79.4 Å². The Kier molecular flexibility index (Phi) is 5.79. The molecule has 1 aliphatic heterocycles. The van der Waals surface area contributed by atoms with Gasteiger partial charge in [0, 0.05) is 24.8 Å². The number of carbonyl (C=O) groups excluding carboxylic acids is 1. The second-order valence-electron chi connectivity index (χ2n) is 7.21. The summed E-state index contributed by atoms with van der Waals surface area (Å²) in [5.74, 6) is -0.137. The highest BCUT2D eigenvalue weighted by atomic mass is 32.2. The zero-order valence-electron chi connectivity index (χ0n) is 15.6. The summed E-state index contributed by atoms with van der Waals surface area (Å²) in [7, 11) is -3.03. The summed E-state index contributed by atoms with van der Waals surface area (Å²) in [6.07, 6.45) is 3.73. The molecule has 0 radical (unpaired) electrons. The molecule has 3 rings (SSSR count). The predicted octanol–water partition coefficient (Wildman–Crippen LogP) is 2.41. The van der Waals surface area contributed by atoms with Crippen LogP contribution in [0.15, 0.2) is 48.8 Å². The molecule has 0 spiro atoms. The van der Waals surface area contributed by atoms with Crippen LogP contribution in [-0.4, -0.2) is 42.9 Å². The van der Waals surface area contributed by atoms with Gasteiger partial charge in [-0.25, -0.2) is 8.42 Å². The third kappa shape index (κ3) is 5.07. The molecule has 1 saturated heterocycles. The Morgan fingerprint density at radius 3 is 2.63 bits per heavy atom. The Labute approximate surface area is 160 Å². The molecule has 1 fully saturated rings. The van der Waals surface area contributed by atoms with E-state index in [-0.39, 0.29) is 29.5 Å². The van der Waals surface area contributed by atoms with Gasteiger partial charge in [-0.05, 0) is 31.9 Å². The van der Waals surface area contributed by atoms with Crippen molar-refractivity contribution in [2.75, 3.05) is 16.4 Å². The van der Waals surface area contributed by atoms with Crippen molar-refractivity contribution < 1.29 is 13.2 Å². The van der Waals surface area contributed by atoms with Gasteiger partial charge >= 0.3 is 0 Å². The van der Waals surface area contributed by atoms with E-state index in [0.717, 1.165) is 5.69 Å². The van der Waals surface area contributed by atoms with Gasteiger partial charge in [-0.3, -0.25) is 9.78 Å². The van der Waals surface area contributed by atoms with Crippen molar-refractivity contribution in [3.05, 3.63) is 59.9 Å². The van der Waals surface area contributed by atoms with Crippen molar-refractivity contribution in [2.45, 2.75) is 38.9 Å². The lowest BCUT2D eigenvalue weighted by Crippen LogP contribution is -2.36. The number of aromatic nitrogens is 1. The average molecular weight is 388 g/mol. The molecule has 2 heterocycles. The maximum absolute atomic E-state index is 12.6. The highest BCUT2D eigenvalue weighted by molar-refractivity contribution is 7.91.